The summed E-state index contributed by atoms with van der Waals surface area (Å²) in [5, 5.41) is 4.17. The van der Waals surface area contributed by atoms with Crippen LogP contribution in [-0.2, 0) is 17.1 Å². The summed E-state index contributed by atoms with van der Waals surface area (Å²) in [6.45, 7) is 0.191. The average molecular weight is 435 g/mol. The Morgan fingerprint density at radius 1 is 1.07 bits per heavy atom. The molecule has 0 saturated carbocycles. The lowest BCUT2D eigenvalue weighted by atomic mass is 10.2. The summed E-state index contributed by atoms with van der Waals surface area (Å²) in [4.78, 5) is 13.9. The average Bonchev–Trinajstić information content (AvgIpc) is 3.38. The second kappa shape index (κ2) is 7.65. The Labute approximate surface area is 172 Å². The van der Waals surface area contributed by atoms with Crippen molar-refractivity contribution >= 4 is 15.9 Å². The van der Waals surface area contributed by atoms with E-state index in [-0.39, 0.29) is 32.1 Å². The van der Waals surface area contributed by atoms with E-state index in [9.17, 15) is 22.0 Å². The molecule has 1 aliphatic rings. The number of sulfonamides is 1. The highest BCUT2D eigenvalue weighted by Crippen LogP contribution is 2.23. The lowest BCUT2D eigenvalue weighted by Gasteiger charge is -2.34. The zero-order chi connectivity index (χ0) is 21.5. The topological polar surface area (TPSA) is 80.4 Å². The van der Waals surface area contributed by atoms with Crippen LogP contribution in [0.5, 0.6) is 0 Å². The van der Waals surface area contributed by atoms with Crippen molar-refractivity contribution in [2.75, 3.05) is 26.2 Å². The number of halogens is 2. The Hall–Kier alpha value is -3.05. The van der Waals surface area contributed by atoms with Gasteiger partial charge in [-0.2, -0.15) is 9.40 Å². The molecule has 1 fully saturated rings. The van der Waals surface area contributed by atoms with E-state index >= 15 is 0 Å². The van der Waals surface area contributed by atoms with Gasteiger partial charge in [0.05, 0.1) is 6.20 Å². The minimum Gasteiger partial charge on any atom is -0.336 e. The summed E-state index contributed by atoms with van der Waals surface area (Å²) in [6, 6.07) is 5.97. The number of aromatic nitrogens is 3. The van der Waals surface area contributed by atoms with Gasteiger partial charge < -0.3 is 9.47 Å². The number of nitrogens with zero attached hydrogens (tertiary/aromatic N) is 5. The molecule has 1 saturated heterocycles. The Morgan fingerprint density at radius 3 is 2.40 bits per heavy atom. The van der Waals surface area contributed by atoms with Gasteiger partial charge in [0.1, 0.15) is 27.9 Å². The molecule has 0 N–H and O–H groups in total. The molecule has 1 aliphatic heterocycles. The second-order valence-corrected chi connectivity index (χ2v) is 8.77. The summed E-state index contributed by atoms with van der Waals surface area (Å²) in [5.41, 5.74) is 0.390. The number of hydrogen-bond acceptors (Lipinski definition) is 4. The van der Waals surface area contributed by atoms with Crippen molar-refractivity contribution in [1.82, 2.24) is 23.6 Å². The van der Waals surface area contributed by atoms with Crippen molar-refractivity contribution in [2.45, 2.75) is 4.90 Å². The summed E-state index contributed by atoms with van der Waals surface area (Å²) in [6.07, 6.45) is 5.07. The van der Waals surface area contributed by atoms with Crippen molar-refractivity contribution in [3.63, 3.8) is 0 Å². The number of hydrogen-bond donors (Lipinski definition) is 0. The maximum Gasteiger partial charge on any atom is 0.259 e. The van der Waals surface area contributed by atoms with Crippen molar-refractivity contribution in [2.24, 2.45) is 7.05 Å². The van der Waals surface area contributed by atoms with E-state index in [1.165, 1.54) is 11.1 Å². The molecule has 158 valence electrons. The van der Waals surface area contributed by atoms with Crippen LogP contribution in [0.2, 0.25) is 0 Å². The largest absolute Gasteiger partial charge is 0.336 e. The van der Waals surface area contributed by atoms with Gasteiger partial charge in [-0.15, -0.1) is 0 Å². The van der Waals surface area contributed by atoms with Gasteiger partial charge in [-0.25, -0.2) is 17.2 Å². The Bertz CT molecular complexity index is 1180. The molecule has 0 unspecified atom stereocenters. The fraction of sp³-hybridized carbons (Fsp3) is 0.263. The van der Waals surface area contributed by atoms with Crippen molar-refractivity contribution in [3.8, 4) is 5.82 Å². The van der Waals surface area contributed by atoms with Crippen LogP contribution >= 0.6 is 0 Å². The molecular formula is C19H19F2N5O3S. The van der Waals surface area contributed by atoms with Gasteiger partial charge in [0.15, 0.2) is 0 Å². The van der Waals surface area contributed by atoms with E-state index in [0.717, 1.165) is 16.4 Å². The number of piperazine rings is 1. The minimum absolute atomic E-state index is 0.0247. The summed E-state index contributed by atoms with van der Waals surface area (Å²) in [5.74, 6) is -1.53. The number of carbonyl (C=O) groups is 1. The zero-order valence-electron chi connectivity index (χ0n) is 16.1. The first-order chi connectivity index (χ1) is 14.3. The molecule has 0 aliphatic carbocycles. The van der Waals surface area contributed by atoms with Crippen molar-refractivity contribution in [3.05, 3.63) is 66.1 Å². The highest BCUT2D eigenvalue weighted by molar-refractivity contribution is 7.89. The van der Waals surface area contributed by atoms with Crippen molar-refractivity contribution < 1.29 is 22.0 Å². The smallest absolute Gasteiger partial charge is 0.259 e. The van der Waals surface area contributed by atoms with Crippen LogP contribution in [0.1, 0.15) is 10.4 Å². The molecule has 4 rings (SSSR count). The monoisotopic (exact) mass is 435 g/mol. The third kappa shape index (κ3) is 3.50. The maximum atomic E-state index is 14.0. The Morgan fingerprint density at radius 2 is 1.73 bits per heavy atom. The van der Waals surface area contributed by atoms with E-state index in [1.54, 1.807) is 28.7 Å². The zero-order valence-corrected chi connectivity index (χ0v) is 16.9. The molecule has 3 aromatic rings. The van der Waals surface area contributed by atoms with Crippen LogP contribution in [0.25, 0.3) is 5.82 Å². The molecule has 0 radical (unpaired) electrons. The molecule has 8 nitrogen and oxygen atoms in total. The van der Waals surface area contributed by atoms with Crippen LogP contribution < -0.4 is 0 Å². The molecule has 3 heterocycles. The van der Waals surface area contributed by atoms with Gasteiger partial charge in [0.25, 0.3) is 5.91 Å². The highest BCUT2D eigenvalue weighted by atomic mass is 32.2. The Balaban J connectivity index is 1.52. The van der Waals surface area contributed by atoms with Gasteiger partial charge in [0.2, 0.25) is 10.0 Å². The van der Waals surface area contributed by atoms with E-state index in [4.69, 9.17) is 0 Å². The van der Waals surface area contributed by atoms with Crippen molar-refractivity contribution in [1.29, 1.82) is 0 Å². The number of rotatable bonds is 4. The first-order valence-corrected chi connectivity index (χ1v) is 10.6. The predicted molar refractivity (Wildman–Crippen MR) is 104 cm³/mol. The van der Waals surface area contributed by atoms with Gasteiger partial charge in [-0.3, -0.25) is 9.48 Å². The van der Waals surface area contributed by atoms with Crippen LogP contribution in [0.4, 0.5) is 8.78 Å². The summed E-state index contributed by atoms with van der Waals surface area (Å²) < 4.78 is 57.3. The molecule has 1 amide bonds. The third-order valence-corrected chi connectivity index (χ3v) is 6.94. The van der Waals surface area contributed by atoms with E-state index in [1.807, 2.05) is 12.1 Å². The standard InChI is InChI=1S/C19H19F2N5O3S/c1-23-18(24-6-2-3-7-24)15(13-22-23)19(27)25-8-10-26(11-9-25)30(28,29)17-12-14(20)4-5-16(17)21/h2-7,12-13H,8-11H2,1H3. The minimum atomic E-state index is -4.21. The van der Waals surface area contributed by atoms with Gasteiger partial charge in [-0.1, -0.05) is 0 Å². The number of amides is 1. The molecule has 1 aromatic carbocycles. The molecule has 0 spiro atoms. The molecule has 0 atom stereocenters. The van der Waals surface area contributed by atoms with Gasteiger partial charge in [-0.05, 0) is 30.3 Å². The molecule has 2 aromatic heterocycles. The highest BCUT2D eigenvalue weighted by Gasteiger charge is 2.33. The molecule has 11 heteroatoms. The lowest BCUT2D eigenvalue weighted by Crippen LogP contribution is -2.50. The SMILES string of the molecule is Cn1ncc(C(=O)N2CCN(S(=O)(=O)c3cc(F)ccc3F)CC2)c1-n1cccc1. The maximum absolute atomic E-state index is 14.0. The van der Waals surface area contributed by atoms with Crippen LogP contribution in [0.15, 0.2) is 53.8 Å². The number of aryl methyl sites for hydroxylation is 1. The fourth-order valence-electron chi connectivity index (χ4n) is 3.48. The molecule has 0 bridgehead atoms. The van der Waals surface area contributed by atoms with E-state index < -0.39 is 26.6 Å². The molecule has 30 heavy (non-hydrogen) atoms. The van der Waals surface area contributed by atoms with Gasteiger partial charge in [0, 0.05) is 45.6 Å². The van der Waals surface area contributed by atoms with Crippen LogP contribution in [-0.4, -0.2) is 64.1 Å². The van der Waals surface area contributed by atoms with Gasteiger partial charge >= 0.3 is 0 Å². The predicted octanol–water partition coefficient (Wildman–Crippen LogP) is 1.64. The third-order valence-electron chi connectivity index (χ3n) is 5.02. The normalized spacial score (nSPS) is 15.5. The van der Waals surface area contributed by atoms with E-state index in [0.29, 0.717) is 17.4 Å². The molecular weight excluding hydrogens is 416 g/mol. The quantitative estimate of drug-likeness (QED) is 0.624. The fourth-order valence-corrected chi connectivity index (χ4v) is 4.98. The Kier molecular flexibility index (Phi) is 5.16. The van der Waals surface area contributed by atoms with Crippen LogP contribution in [0, 0.1) is 11.6 Å². The first-order valence-electron chi connectivity index (χ1n) is 9.19. The van der Waals surface area contributed by atoms with E-state index in [2.05, 4.69) is 5.10 Å². The number of benzene rings is 1. The van der Waals surface area contributed by atoms with Crippen LogP contribution in [0.3, 0.4) is 0 Å². The first kappa shape index (κ1) is 20.2. The summed E-state index contributed by atoms with van der Waals surface area (Å²) >= 11 is 0. The lowest BCUT2D eigenvalue weighted by molar-refractivity contribution is 0.0697. The summed E-state index contributed by atoms with van der Waals surface area (Å²) in [7, 11) is -2.48. The number of carbonyl (C=O) groups excluding carboxylic acids is 1. The second-order valence-electron chi connectivity index (χ2n) is 6.87.